The first-order chi connectivity index (χ1) is 7.93. The van der Waals surface area contributed by atoms with Gasteiger partial charge in [0.1, 0.15) is 0 Å². The van der Waals surface area contributed by atoms with E-state index in [1.54, 1.807) is 0 Å². The van der Waals surface area contributed by atoms with Crippen molar-refractivity contribution in [1.29, 1.82) is 0 Å². The number of hydrogen-bond acceptors (Lipinski definition) is 2. The summed E-state index contributed by atoms with van der Waals surface area (Å²) >= 11 is 0. The summed E-state index contributed by atoms with van der Waals surface area (Å²) in [5.74, 6) is 0.596. The Morgan fingerprint density at radius 1 is 1.12 bits per heavy atom. The lowest BCUT2D eigenvalue weighted by molar-refractivity contribution is 0.455. The van der Waals surface area contributed by atoms with Crippen molar-refractivity contribution < 1.29 is 0 Å². The molecule has 2 aromatic rings. The molecule has 1 fully saturated rings. The molecular formula is C14H16N2. The molecule has 16 heavy (non-hydrogen) atoms. The smallest absolute Gasteiger partial charge is 0.0705 e. The van der Waals surface area contributed by atoms with Crippen LogP contribution in [0.25, 0.3) is 10.9 Å². The van der Waals surface area contributed by atoms with Gasteiger partial charge in [-0.15, -0.1) is 0 Å². The van der Waals surface area contributed by atoms with Gasteiger partial charge in [0.15, 0.2) is 0 Å². The number of aromatic nitrogens is 1. The summed E-state index contributed by atoms with van der Waals surface area (Å²) < 4.78 is 0. The highest BCUT2D eigenvalue weighted by molar-refractivity contribution is 5.78. The van der Waals surface area contributed by atoms with Crippen molar-refractivity contribution in [3.63, 3.8) is 0 Å². The van der Waals surface area contributed by atoms with Crippen LogP contribution in [-0.2, 0) is 0 Å². The molecule has 2 nitrogen and oxygen atoms in total. The average Bonchev–Trinajstić information content (AvgIpc) is 2.39. The predicted molar refractivity (Wildman–Crippen MR) is 66.6 cm³/mol. The summed E-state index contributed by atoms with van der Waals surface area (Å²) in [5.41, 5.74) is 2.36. The molecule has 1 saturated heterocycles. The maximum atomic E-state index is 4.76. The van der Waals surface area contributed by atoms with Crippen LogP contribution in [0.3, 0.4) is 0 Å². The van der Waals surface area contributed by atoms with Crippen LogP contribution in [0.2, 0.25) is 0 Å². The van der Waals surface area contributed by atoms with Gasteiger partial charge in [0.25, 0.3) is 0 Å². The van der Waals surface area contributed by atoms with Crippen molar-refractivity contribution in [3.05, 3.63) is 42.1 Å². The number of pyridine rings is 1. The van der Waals surface area contributed by atoms with Gasteiger partial charge in [0.05, 0.1) is 5.52 Å². The number of nitrogens with zero attached hydrogens (tertiary/aromatic N) is 1. The molecule has 0 bridgehead atoms. The first kappa shape index (κ1) is 9.79. The molecule has 1 aromatic heterocycles. The summed E-state index contributed by atoms with van der Waals surface area (Å²) in [7, 11) is 0. The van der Waals surface area contributed by atoms with E-state index < -0.39 is 0 Å². The Balaban J connectivity index is 1.97. The Labute approximate surface area is 95.7 Å². The SMILES string of the molecule is c1ccc2nc(C3CCCNC3)ccc2c1. The Bertz CT molecular complexity index is 487. The van der Waals surface area contributed by atoms with E-state index >= 15 is 0 Å². The summed E-state index contributed by atoms with van der Waals surface area (Å²) in [6.45, 7) is 2.23. The van der Waals surface area contributed by atoms with Crippen LogP contribution in [-0.4, -0.2) is 18.1 Å². The first-order valence-corrected chi connectivity index (χ1v) is 6.00. The molecule has 1 aliphatic rings. The molecule has 0 saturated carbocycles. The topological polar surface area (TPSA) is 24.9 Å². The fraction of sp³-hybridized carbons (Fsp3) is 0.357. The minimum Gasteiger partial charge on any atom is -0.316 e. The van der Waals surface area contributed by atoms with Crippen molar-refractivity contribution >= 4 is 10.9 Å². The third-order valence-electron chi connectivity index (χ3n) is 3.34. The van der Waals surface area contributed by atoms with Crippen molar-refractivity contribution in [2.45, 2.75) is 18.8 Å². The van der Waals surface area contributed by atoms with Gasteiger partial charge in [-0.05, 0) is 31.5 Å². The minimum absolute atomic E-state index is 0.596. The van der Waals surface area contributed by atoms with E-state index in [0.717, 1.165) is 18.6 Å². The zero-order chi connectivity index (χ0) is 10.8. The molecule has 2 heterocycles. The summed E-state index contributed by atoms with van der Waals surface area (Å²) in [4.78, 5) is 4.76. The van der Waals surface area contributed by atoms with Crippen molar-refractivity contribution in [2.24, 2.45) is 0 Å². The maximum absolute atomic E-state index is 4.76. The van der Waals surface area contributed by atoms with E-state index in [2.05, 4.69) is 41.7 Å². The lowest BCUT2D eigenvalue weighted by atomic mass is 9.95. The van der Waals surface area contributed by atoms with Gasteiger partial charge in [-0.1, -0.05) is 24.3 Å². The molecule has 0 spiro atoms. The third-order valence-corrected chi connectivity index (χ3v) is 3.34. The summed E-state index contributed by atoms with van der Waals surface area (Å²) in [5, 5.41) is 4.67. The highest BCUT2D eigenvalue weighted by Crippen LogP contribution is 2.23. The number of nitrogens with one attached hydrogen (secondary N) is 1. The predicted octanol–water partition coefficient (Wildman–Crippen LogP) is 2.70. The Morgan fingerprint density at radius 2 is 2.06 bits per heavy atom. The Kier molecular flexibility index (Phi) is 2.58. The van der Waals surface area contributed by atoms with E-state index in [1.807, 2.05) is 0 Å². The first-order valence-electron chi connectivity index (χ1n) is 6.00. The average molecular weight is 212 g/mol. The second-order valence-electron chi connectivity index (χ2n) is 4.47. The fourth-order valence-corrected chi connectivity index (χ4v) is 2.41. The third kappa shape index (κ3) is 1.81. The minimum atomic E-state index is 0.596. The molecule has 1 atom stereocenters. The zero-order valence-corrected chi connectivity index (χ0v) is 9.32. The highest BCUT2D eigenvalue weighted by Gasteiger charge is 2.16. The van der Waals surface area contributed by atoms with Gasteiger partial charge in [-0.3, -0.25) is 4.98 Å². The van der Waals surface area contributed by atoms with Gasteiger partial charge in [0.2, 0.25) is 0 Å². The van der Waals surface area contributed by atoms with E-state index in [4.69, 9.17) is 4.98 Å². The number of para-hydroxylation sites is 1. The van der Waals surface area contributed by atoms with Crippen LogP contribution >= 0.6 is 0 Å². The second-order valence-corrected chi connectivity index (χ2v) is 4.47. The molecule has 1 aromatic carbocycles. The molecule has 82 valence electrons. The molecule has 3 rings (SSSR count). The zero-order valence-electron chi connectivity index (χ0n) is 9.32. The van der Waals surface area contributed by atoms with Crippen LogP contribution in [0.1, 0.15) is 24.5 Å². The van der Waals surface area contributed by atoms with Crippen LogP contribution in [0.4, 0.5) is 0 Å². The molecule has 0 aliphatic carbocycles. The molecule has 1 aliphatic heterocycles. The summed E-state index contributed by atoms with van der Waals surface area (Å²) in [6, 6.07) is 12.7. The Morgan fingerprint density at radius 3 is 2.94 bits per heavy atom. The number of benzene rings is 1. The monoisotopic (exact) mass is 212 g/mol. The molecular weight excluding hydrogens is 196 g/mol. The second kappa shape index (κ2) is 4.22. The quantitative estimate of drug-likeness (QED) is 0.786. The van der Waals surface area contributed by atoms with E-state index in [-0.39, 0.29) is 0 Å². The maximum Gasteiger partial charge on any atom is 0.0705 e. The molecule has 2 heteroatoms. The number of rotatable bonds is 1. The lowest BCUT2D eigenvalue weighted by Gasteiger charge is -2.22. The van der Waals surface area contributed by atoms with Crippen molar-refractivity contribution in [2.75, 3.05) is 13.1 Å². The molecule has 1 unspecified atom stereocenters. The van der Waals surface area contributed by atoms with E-state index in [9.17, 15) is 0 Å². The molecule has 1 N–H and O–H groups in total. The van der Waals surface area contributed by atoms with Crippen LogP contribution in [0, 0.1) is 0 Å². The van der Waals surface area contributed by atoms with Gasteiger partial charge >= 0.3 is 0 Å². The van der Waals surface area contributed by atoms with Crippen LogP contribution in [0.5, 0.6) is 0 Å². The summed E-state index contributed by atoms with van der Waals surface area (Å²) in [6.07, 6.45) is 2.53. The van der Waals surface area contributed by atoms with Gasteiger partial charge in [0, 0.05) is 23.5 Å². The molecule has 0 radical (unpaired) electrons. The van der Waals surface area contributed by atoms with Gasteiger partial charge in [-0.25, -0.2) is 0 Å². The largest absolute Gasteiger partial charge is 0.316 e. The standard InChI is InChI=1S/C14H16N2/c1-2-6-13-11(4-1)7-8-14(16-13)12-5-3-9-15-10-12/h1-2,4,6-8,12,15H,3,5,9-10H2. The van der Waals surface area contributed by atoms with Crippen molar-refractivity contribution in [1.82, 2.24) is 10.3 Å². The molecule has 0 amide bonds. The number of fused-ring (bicyclic) bond motifs is 1. The lowest BCUT2D eigenvalue weighted by Crippen LogP contribution is -2.28. The van der Waals surface area contributed by atoms with Crippen molar-refractivity contribution in [3.8, 4) is 0 Å². The van der Waals surface area contributed by atoms with Crippen LogP contribution in [0.15, 0.2) is 36.4 Å². The van der Waals surface area contributed by atoms with Crippen LogP contribution < -0.4 is 5.32 Å². The number of piperidine rings is 1. The van der Waals surface area contributed by atoms with Gasteiger partial charge in [-0.2, -0.15) is 0 Å². The Hall–Kier alpha value is -1.41. The highest BCUT2D eigenvalue weighted by atomic mass is 14.9. The van der Waals surface area contributed by atoms with E-state index in [1.165, 1.54) is 23.9 Å². The van der Waals surface area contributed by atoms with Gasteiger partial charge < -0.3 is 5.32 Å². The fourth-order valence-electron chi connectivity index (χ4n) is 2.41. The van der Waals surface area contributed by atoms with E-state index in [0.29, 0.717) is 5.92 Å². The number of hydrogen-bond donors (Lipinski definition) is 1. The normalized spacial score (nSPS) is 21.1.